The predicted molar refractivity (Wildman–Crippen MR) is 167 cm³/mol. The first-order chi connectivity index (χ1) is 19.1. The monoisotopic (exact) mass is 670 g/mol. The second-order valence-electron chi connectivity index (χ2n) is 7.59. The number of aldehydes is 1. The molecule has 1 aromatic carbocycles. The van der Waals surface area contributed by atoms with Crippen LogP contribution in [0.4, 0.5) is 0 Å². The Kier molecular flexibility index (Phi) is 18.6. The molecule has 0 radical (unpaired) electrons. The van der Waals surface area contributed by atoms with Crippen molar-refractivity contribution in [2.45, 2.75) is 24.2 Å². The molecule has 0 aliphatic rings. The highest BCUT2D eigenvalue weighted by molar-refractivity contribution is 8.76. The molecule has 0 aliphatic heterocycles. The summed E-state index contributed by atoms with van der Waals surface area (Å²) in [6, 6.07) is 2.44. The van der Waals surface area contributed by atoms with Crippen LogP contribution in [0.2, 0.25) is 0 Å². The van der Waals surface area contributed by atoms with Crippen LogP contribution in [0.15, 0.2) is 24.3 Å². The van der Waals surface area contributed by atoms with Crippen LogP contribution < -0.4 is 20.1 Å². The molecule has 0 saturated heterocycles. The Bertz CT molecular complexity index is 1020. The molecule has 1 aromatic rings. The van der Waals surface area contributed by atoms with Crippen LogP contribution in [0.25, 0.3) is 0 Å². The van der Waals surface area contributed by atoms with Crippen molar-refractivity contribution in [2.24, 2.45) is 0 Å². The van der Waals surface area contributed by atoms with Crippen molar-refractivity contribution in [3.63, 3.8) is 0 Å². The summed E-state index contributed by atoms with van der Waals surface area (Å²) in [5, 5.41) is 4.72. The largest absolute Gasteiger partial charge is 0.467 e. The third kappa shape index (κ3) is 13.0. The van der Waals surface area contributed by atoms with Gasteiger partial charge in [-0.05, 0) is 35.2 Å². The number of esters is 2. The van der Waals surface area contributed by atoms with Crippen molar-refractivity contribution < 1.29 is 38.2 Å². The minimum Gasteiger partial charge on any atom is -0.467 e. The van der Waals surface area contributed by atoms with Gasteiger partial charge in [-0.2, -0.15) is 25.3 Å². The molecule has 18 heteroatoms. The van der Waals surface area contributed by atoms with Gasteiger partial charge in [-0.1, -0.05) is 22.7 Å². The normalized spacial score (nSPS) is 13.7. The second kappa shape index (κ2) is 20.4. The molecule has 4 N–H and O–H groups in total. The molecule has 4 atom stereocenters. The average molecular weight is 671 g/mol. The van der Waals surface area contributed by atoms with Crippen molar-refractivity contribution in [1.82, 2.24) is 20.1 Å². The number of rotatable bonds is 19. The number of thiol groups is 3. The van der Waals surface area contributed by atoms with Crippen LogP contribution in [0.1, 0.15) is 20.7 Å². The van der Waals surface area contributed by atoms with Crippen LogP contribution in [0.5, 0.6) is 0 Å². The van der Waals surface area contributed by atoms with Crippen LogP contribution in [0.3, 0.4) is 0 Å². The molecule has 2 amide bonds. The van der Waals surface area contributed by atoms with Gasteiger partial charge in [0.25, 0.3) is 11.8 Å². The lowest BCUT2D eigenvalue weighted by Crippen LogP contribution is -2.44. The molecule has 1 rings (SSSR count). The summed E-state index contributed by atoms with van der Waals surface area (Å²) in [6.45, 7) is 0. The van der Waals surface area contributed by atoms with E-state index in [0.29, 0.717) is 12.0 Å². The fraction of sp³-hybridized carbons (Fsp3) is 0.455. The molecule has 0 bridgehead atoms. The van der Waals surface area contributed by atoms with Crippen molar-refractivity contribution in [3.05, 3.63) is 35.4 Å². The van der Waals surface area contributed by atoms with E-state index in [9.17, 15) is 28.8 Å². The van der Waals surface area contributed by atoms with Crippen molar-refractivity contribution in [2.75, 3.05) is 37.2 Å². The van der Waals surface area contributed by atoms with Crippen molar-refractivity contribution >= 4 is 107 Å². The first-order valence-electron chi connectivity index (χ1n) is 11.3. The van der Waals surface area contributed by atoms with E-state index < -0.39 is 53.0 Å². The lowest BCUT2D eigenvalue weighted by atomic mass is 10.1. The number of nitrogens with one attached hydrogen (secondary N) is 4. The highest BCUT2D eigenvalue weighted by Gasteiger charge is 2.25. The topological polar surface area (TPSA) is 169 Å². The molecule has 0 saturated carbocycles. The summed E-state index contributed by atoms with van der Waals surface area (Å²) in [5.41, 5.74) is 0.342. The molecule has 2 unspecified atom stereocenters. The minimum absolute atomic E-state index is 0.0510. The van der Waals surface area contributed by atoms with E-state index in [4.69, 9.17) is 9.47 Å². The van der Waals surface area contributed by atoms with Gasteiger partial charge in [-0.3, -0.25) is 19.1 Å². The quantitative estimate of drug-likeness (QED) is 0.0273. The van der Waals surface area contributed by atoms with Gasteiger partial charge in [0.1, 0.15) is 18.4 Å². The van der Waals surface area contributed by atoms with Gasteiger partial charge in [0.2, 0.25) is 5.12 Å². The van der Waals surface area contributed by atoms with E-state index >= 15 is 0 Å². The molecule has 0 fully saturated rings. The zero-order chi connectivity index (χ0) is 30.1. The Labute approximate surface area is 260 Å². The summed E-state index contributed by atoms with van der Waals surface area (Å²) in [7, 11) is 4.72. The molecule has 0 heterocycles. The molecule has 12 nitrogen and oxygen atoms in total. The molecule has 0 aromatic heterocycles. The maximum absolute atomic E-state index is 12.7. The predicted octanol–water partition coefficient (Wildman–Crippen LogP) is 0.605. The average Bonchev–Trinajstić information content (AvgIpc) is 2.96. The first-order valence-corrected chi connectivity index (χ1v) is 16.3. The second-order valence-corrected chi connectivity index (χ2v) is 11.8. The summed E-state index contributed by atoms with van der Waals surface area (Å²) in [4.78, 5) is 72.0. The smallest absolute Gasteiger partial charge is 0.329 e. The van der Waals surface area contributed by atoms with Gasteiger partial charge >= 0.3 is 11.9 Å². The number of ether oxygens (including phenoxy) is 2. The molecule has 0 spiro atoms. The van der Waals surface area contributed by atoms with Crippen LogP contribution in [0, 0.1) is 0 Å². The molecular weight excluding hydrogens is 641 g/mol. The zero-order valence-electron chi connectivity index (χ0n) is 21.4. The number of amides is 2. The van der Waals surface area contributed by atoms with Gasteiger partial charge in [0, 0.05) is 34.1 Å². The van der Waals surface area contributed by atoms with Crippen molar-refractivity contribution in [1.29, 1.82) is 0 Å². The third-order valence-corrected chi connectivity index (χ3v) is 8.86. The standard InChI is InChI=1S/C22H30N4O8S6/c1-33-20(30)16(10-38-26-15(9-36)22(32)37)23-18(28)12-3-5-13(6-4-12)19(29)24-17(21(31)34-2)11-39-40-25-14(7-27)8-35/h3-7,14-17,25-26,35-36H,8-11H2,1-2H3,(H,23,28)(H,24,29)(H,32,37)/t14-,15+,16?,17?/m1/s1. The fourth-order valence-electron chi connectivity index (χ4n) is 2.58. The van der Waals surface area contributed by atoms with Gasteiger partial charge in [-0.25, -0.2) is 14.3 Å². The van der Waals surface area contributed by atoms with Crippen LogP contribution in [-0.4, -0.2) is 96.6 Å². The van der Waals surface area contributed by atoms with E-state index in [1.807, 2.05) is 0 Å². The minimum atomic E-state index is -1.03. The first kappa shape index (κ1) is 36.5. The van der Waals surface area contributed by atoms with E-state index in [1.165, 1.54) is 49.3 Å². The summed E-state index contributed by atoms with van der Waals surface area (Å²) in [6.07, 6.45) is 0.711. The Morgan fingerprint density at radius 3 is 1.73 bits per heavy atom. The van der Waals surface area contributed by atoms with E-state index in [2.05, 4.69) is 58.0 Å². The Morgan fingerprint density at radius 2 is 1.32 bits per heavy atom. The Hall–Kier alpha value is -1.54. The highest BCUT2D eigenvalue weighted by atomic mass is 33.1. The summed E-state index contributed by atoms with van der Waals surface area (Å²) in [5.74, 6) is -1.82. The van der Waals surface area contributed by atoms with Gasteiger partial charge < -0.3 is 24.9 Å². The number of carbonyl (C=O) groups is 6. The number of methoxy groups -OCH3 is 2. The molecular formula is C22H30N4O8S6. The van der Waals surface area contributed by atoms with E-state index in [1.54, 1.807) is 0 Å². The van der Waals surface area contributed by atoms with Crippen molar-refractivity contribution in [3.8, 4) is 0 Å². The SMILES string of the molecule is COC(=O)C(CSN[C@@H](CS)C(=O)S)NC(=O)c1ccc(C(=O)NC(CSSN[C@H](C=O)CS)C(=O)OC)cc1. The third-order valence-electron chi connectivity index (χ3n) is 4.80. The highest BCUT2D eigenvalue weighted by Crippen LogP contribution is 2.20. The maximum Gasteiger partial charge on any atom is 0.329 e. The Morgan fingerprint density at radius 1 is 0.825 bits per heavy atom. The van der Waals surface area contributed by atoms with Gasteiger partial charge in [0.15, 0.2) is 0 Å². The summed E-state index contributed by atoms with van der Waals surface area (Å²) >= 11 is 12.9. The zero-order valence-corrected chi connectivity index (χ0v) is 26.5. The Balaban J connectivity index is 2.77. The number of carbonyl (C=O) groups excluding carboxylic acids is 6. The summed E-state index contributed by atoms with van der Waals surface area (Å²) < 4.78 is 15.2. The van der Waals surface area contributed by atoms with Crippen LogP contribution >= 0.6 is 71.6 Å². The molecule has 0 aliphatic carbocycles. The molecule has 222 valence electrons. The van der Waals surface area contributed by atoms with Gasteiger partial charge in [0.05, 0.1) is 26.3 Å². The maximum atomic E-state index is 12.7. The van der Waals surface area contributed by atoms with Gasteiger partial charge in [-0.15, -0.1) is 12.6 Å². The lowest BCUT2D eigenvalue weighted by Gasteiger charge is -2.18. The molecule has 40 heavy (non-hydrogen) atoms. The number of hydrogen-bond donors (Lipinski definition) is 7. The number of benzene rings is 1. The lowest BCUT2D eigenvalue weighted by molar-refractivity contribution is -0.143. The van der Waals surface area contributed by atoms with Crippen LogP contribution in [-0.2, 0) is 28.7 Å². The number of hydrogen-bond acceptors (Lipinski definition) is 15. The van der Waals surface area contributed by atoms with E-state index in [0.717, 1.165) is 22.9 Å². The fourth-order valence-corrected chi connectivity index (χ4v) is 6.47. The van der Waals surface area contributed by atoms with E-state index in [-0.39, 0.29) is 28.4 Å².